The van der Waals surface area contributed by atoms with Crippen LogP contribution in [0.1, 0.15) is 79.6 Å². The van der Waals surface area contributed by atoms with Crippen LogP contribution in [0.2, 0.25) is 0 Å². The highest BCUT2D eigenvalue weighted by molar-refractivity contribution is 4.87. The van der Waals surface area contributed by atoms with E-state index in [1.165, 1.54) is 38.5 Å². The highest BCUT2D eigenvalue weighted by atomic mass is 16.5. The maximum atomic E-state index is 8.83. The lowest BCUT2D eigenvalue weighted by Crippen LogP contribution is -2.23. The highest BCUT2D eigenvalue weighted by Crippen LogP contribution is 2.40. The van der Waals surface area contributed by atoms with Gasteiger partial charge in [0.15, 0.2) is 0 Å². The van der Waals surface area contributed by atoms with E-state index < -0.39 is 0 Å². The summed E-state index contributed by atoms with van der Waals surface area (Å²) in [5.74, 6) is 3.66. The van der Waals surface area contributed by atoms with Crippen molar-refractivity contribution in [3.63, 3.8) is 0 Å². The second kappa shape index (κ2) is 9.34. The van der Waals surface area contributed by atoms with Gasteiger partial charge in [0.2, 0.25) is 0 Å². The molecule has 0 spiro atoms. The number of nitriles is 1. The van der Waals surface area contributed by atoms with Crippen LogP contribution in [0, 0.1) is 41.1 Å². The standard InChI is InChI=1S/C19H35NO/c1-6-7-17(10-14(2)3)9-8-16(5)18-11-15(4)12-19(18)21-13-20/h14-19H,6-12H2,1-5H3. The van der Waals surface area contributed by atoms with Crippen molar-refractivity contribution in [2.24, 2.45) is 29.6 Å². The van der Waals surface area contributed by atoms with Crippen LogP contribution >= 0.6 is 0 Å². The lowest BCUT2D eigenvalue weighted by Gasteiger charge is -2.26. The predicted octanol–water partition coefficient (Wildman–Crippen LogP) is 5.78. The van der Waals surface area contributed by atoms with Gasteiger partial charge in [-0.15, -0.1) is 0 Å². The molecular formula is C19H35NO. The van der Waals surface area contributed by atoms with E-state index in [1.807, 2.05) is 6.26 Å². The van der Waals surface area contributed by atoms with Gasteiger partial charge in [-0.1, -0.05) is 60.3 Å². The van der Waals surface area contributed by atoms with Crippen LogP contribution < -0.4 is 0 Å². The number of ether oxygens (including phenoxy) is 1. The number of hydrogen-bond acceptors (Lipinski definition) is 2. The summed E-state index contributed by atoms with van der Waals surface area (Å²) in [6.07, 6.45) is 11.1. The fourth-order valence-corrected chi connectivity index (χ4v) is 4.25. The summed E-state index contributed by atoms with van der Waals surface area (Å²) >= 11 is 0. The molecule has 2 nitrogen and oxygen atoms in total. The largest absolute Gasteiger partial charge is 0.424 e. The van der Waals surface area contributed by atoms with Gasteiger partial charge in [-0.05, 0) is 48.9 Å². The van der Waals surface area contributed by atoms with E-state index in [1.54, 1.807) is 0 Å². The molecule has 0 radical (unpaired) electrons. The average Bonchev–Trinajstić information content (AvgIpc) is 2.77. The lowest BCUT2D eigenvalue weighted by atomic mass is 9.82. The summed E-state index contributed by atoms with van der Waals surface area (Å²) < 4.78 is 5.33. The van der Waals surface area contributed by atoms with Gasteiger partial charge >= 0.3 is 0 Å². The van der Waals surface area contributed by atoms with Crippen molar-refractivity contribution in [3.8, 4) is 6.26 Å². The normalized spacial score (nSPS) is 28.3. The van der Waals surface area contributed by atoms with Crippen LogP contribution in [0.5, 0.6) is 0 Å². The molecule has 0 aromatic rings. The van der Waals surface area contributed by atoms with Gasteiger partial charge < -0.3 is 4.74 Å². The van der Waals surface area contributed by atoms with E-state index >= 15 is 0 Å². The van der Waals surface area contributed by atoms with Crippen LogP contribution in [0.4, 0.5) is 0 Å². The zero-order valence-corrected chi connectivity index (χ0v) is 14.8. The first kappa shape index (κ1) is 18.3. The third-order valence-electron chi connectivity index (χ3n) is 5.25. The van der Waals surface area contributed by atoms with Crippen LogP contribution in [0.25, 0.3) is 0 Å². The van der Waals surface area contributed by atoms with Gasteiger partial charge in [0.1, 0.15) is 6.10 Å². The second-order valence-corrected chi connectivity index (χ2v) is 7.83. The molecule has 0 amide bonds. The van der Waals surface area contributed by atoms with Gasteiger partial charge in [0.25, 0.3) is 6.26 Å². The minimum Gasteiger partial charge on any atom is -0.424 e. The Morgan fingerprint density at radius 3 is 2.43 bits per heavy atom. The molecule has 1 aliphatic rings. The molecule has 0 N–H and O–H groups in total. The van der Waals surface area contributed by atoms with E-state index in [9.17, 15) is 0 Å². The third-order valence-corrected chi connectivity index (χ3v) is 5.25. The molecule has 0 aromatic carbocycles. The Bertz CT molecular complexity index is 320. The molecule has 122 valence electrons. The van der Waals surface area contributed by atoms with Crippen molar-refractivity contribution >= 4 is 0 Å². The second-order valence-electron chi connectivity index (χ2n) is 7.83. The zero-order chi connectivity index (χ0) is 15.8. The van der Waals surface area contributed by atoms with Crippen molar-refractivity contribution in [2.75, 3.05) is 0 Å². The number of nitrogens with zero attached hydrogens (tertiary/aromatic N) is 1. The Kier molecular flexibility index (Phi) is 8.15. The molecule has 0 bridgehead atoms. The highest BCUT2D eigenvalue weighted by Gasteiger charge is 2.37. The van der Waals surface area contributed by atoms with Crippen molar-refractivity contribution < 1.29 is 4.74 Å². The van der Waals surface area contributed by atoms with E-state index in [0.29, 0.717) is 17.8 Å². The smallest absolute Gasteiger partial charge is 0.286 e. The summed E-state index contributed by atoms with van der Waals surface area (Å²) in [4.78, 5) is 0. The minimum atomic E-state index is 0.176. The molecule has 1 rings (SSSR count). The summed E-state index contributed by atoms with van der Waals surface area (Å²) in [6, 6.07) is 0. The summed E-state index contributed by atoms with van der Waals surface area (Å²) in [6.45, 7) is 11.6. The molecule has 2 heteroatoms. The Balaban J connectivity index is 2.46. The van der Waals surface area contributed by atoms with Crippen LogP contribution in [-0.4, -0.2) is 6.10 Å². The fourth-order valence-electron chi connectivity index (χ4n) is 4.25. The topological polar surface area (TPSA) is 33.0 Å². The van der Waals surface area contributed by atoms with Gasteiger partial charge in [0.05, 0.1) is 0 Å². The first-order chi connectivity index (χ1) is 9.97. The van der Waals surface area contributed by atoms with Crippen molar-refractivity contribution in [1.29, 1.82) is 5.26 Å². The Morgan fingerprint density at radius 1 is 1.14 bits per heavy atom. The Labute approximate surface area is 132 Å². The van der Waals surface area contributed by atoms with Crippen LogP contribution in [0.15, 0.2) is 0 Å². The summed E-state index contributed by atoms with van der Waals surface area (Å²) in [7, 11) is 0. The van der Waals surface area contributed by atoms with Gasteiger partial charge in [-0.2, -0.15) is 5.26 Å². The lowest BCUT2D eigenvalue weighted by molar-refractivity contribution is 0.0895. The first-order valence-corrected chi connectivity index (χ1v) is 9.02. The quantitative estimate of drug-likeness (QED) is 0.505. The first-order valence-electron chi connectivity index (χ1n) is 9.02. The summed E-state index contributed by atoms with van der Waals surface area (Å²) in [5.41, 5.74) is 0. The van der Waals surface area contributed by atoms with E-state index in [4.69, 9.17) is 10.00 Å². The van der Waals surface area contributed by atoms with E-state index in [2.05, 4.69) is 34.6 Å². The van der Waals surface area contributed by atoms with Crippen molar-refractivity contribution in [2.45, 2.75) is 85.7 Å². The monoisotopic (exact) mass is 293 g/mol. The molecule has 21 heavy (non-hydrogen) atoms. The van der Waals surface area contributed by atoms with Gasteiger partial charge in [0, 0.05) is 0 Å². The maximum absolute atomic E-state index is 8.83. The predicted molar refractivity (Wildman–Crippen MR) is 88.6 cm³/mol. The maximum Gasteiger partial charge on any atom is 0.286 e. The van der Waals surface area contributed by atoms with E-state index in [-0.39, 0.29) is 6.10 Å². The molecule has 5 atom stereocenters. The molecule has 0 aliphatic heterocycles. The van der Waals surface area contributed by atoms with E-state index in [0.717, 1.165) is 18.3 Å². The summed E-state index contributed by atoms with van der Waals surface area (Å²) in [5, 5.41) is 8.83. The molecule has 0 saturated heterocycles. The number of hydrogen-bond donors (Lipinski definition) is 0. The van der Waals surface area contributed by atoms with Gasteiger partial charge in [-0.3, -0.25) is 0 Å². The fraction of sp³-hybridized carbons (Fsp3) is 0.947. The minimum absolute atomic E-state index is 0.176. The van der Waals surface area contributed by atoms with Crippen LogP contribution in [-0.2, 0) is 4.74 Å². The molecular weight excluding hydrogens is 258 g/mol. The van der Waals surface area contributed by atoms with Crippen molar-refractivity contribution in [3.05, 3.63) is 0 Å². The molecule has 1 saturated carbocycles. The third kappa shape index (κ3) is 6.29. The molecule has 0 aromatic heterocycles. The van der Waals surface area contributed by atoms with Crippen molar-refractivity contribution in [1.82, 2.24) is 0 Å². The Hall–Kier alpha value is -0.710. The molecule has 1 aliphatic carbocycles. The Morgan fingerprint density at radius 2 is 1.86 bits per heavy atom. The molecule has 5 unspecified atom stereocenters. The average molecular weight is 293 g/mol. The molecule has 1 fully saturated rings. The zero-order valence-electron chi connectivity index (χ0n) is 14.8. The van der Waals surface area contributed by atoms with Crippen LogP contribution in [0.3, 0.4) is 0 Å². The molecule has 0 heterocycles. The van der Waals surface area contributed by atoms with Gasteiger partial charge in [-0.25, -0.2) is 0 Å². The SMILES string of the molecule is CCCC(CCC(C)C1CC(C)CC1OC#N)CC(C)C. The number of rotatable bonds is 9.